The Morgan fingerprint density at radius 3 is 2.12 bits per heavy atom. The molecule has 2 N–H and O–H groups in total. The topological polar surface area (TPSA) is 105 Å². The molecule has 4 aromatic rings. The number of hydrogen-bond acceptors (Lipinski definition) is 5. The Hall–Kier alpha value is -4.63. The summed E-state index contributed by atoms with van der Waals surface area (Å²) in [6.45, 7) is 3.26. The van der Waals surface area contributed by atoms with Gasteiger partial charge in [-0.25, -0.2) is 8.42 Å². The molecule has 2 amide bonds. The molecule has 0 unspecified atom stereocenters. The Kier molecular flexibility index (Phi) is 8.86. The van der Waals surface area contributed by atoms with Crippen molar-refractivity contribution in [2.75, 3.05) is 23.3 Å². The maximum Gasteiger partial charge on any atom is 0.264 e. The summed E-state index contributed by atoms with van der Waals surface area (Å²) in [6, 6.07) is 28.7. The number of hydrogen-bond donors (Lipinski definition) is 2. The Bertz CT molecular complexity index is 1570. The second-order valence-electron chi connectivity index (χ2n) is 9.22. The van der Waals surface area contributed by atoms with E-state index < -0.39 is 22.5 Å². The monoisotopic (exact) mass is 557 g/mol. The van der Waals surface area contributed by atoms with Gasteiger partial charge in [-0.1, -0.05) is 60.2 Å². The van der Waals surface area contributed by atoms with Gasteiger partial charge in [0.05, 0.1) is 35.0 Å². The third-order valence-corrected chi connectivity index (χ3v) is 8.14. The maximum absolute atomic E-state index is 13.7. The van der Waals surface area contributed by atoms with E-state index in [-0.39, 0.29) is 28.1 Å². The zero-order valence-electron chi connectivity index (χ0n) is 22.5. The Morgan fingerprint density at radius 2 is 1.48 bits per heavy atom. The molecule has 0 saturated heterocycles. The van der Waals surface area contributed by atoms with Crippen LogP contribution in [0, 0.1) is 6.92 Å². The molecule has 0 aromatic heterocycles. The molecule has 4 rings (SSSR count). The number of carbonyl (C=O) groups is 2. The lowest BCUT2D eigenvalue weighted by atomic mass is 10.1. The largest absolute Gasteiger partial charge is 0.497 e. The second kappa shape index (κ2) is 12.5. The summed E-state index contributed by atoms with van der Waals surface area (Å²) in [6.07, 6.45) is 0. The second-order valence-corrected chi connectivity index (χ2v) is 11.1. The summed E-state index contributed by atoms with van der Waals surface area (Å²) in [5.74, 6) is -0.461. The minimum atomic E-state index is -4.11. The first-order valence-electron chi connectivity index (χ1n) is 12.7. The zero-order chi connectivity index (χ0) is 28.7. The fourth-order valence-corrected chi connectivity index (χ4v) is 5.53. The molecule has 0 radical (unpaired) electrons. The Labute approximate surface area is 234 Å². The van der Waals surface area contributed by atoms with E-state index in [9.17, 15) is 18.0 Å². The van der Waals surface area contributed by atoms with Crippen molar-refractivity contribution in [3.63, 3.8) is 0 Å². The van der Waals surface area contributed by atoms with Crippen molar-refractivity contribution < 1.29 is 22.7 Å². The number of nitrogens with one attached hydrogen (secondary N) is 2. The van der Waals surface area contributed by atoms with Crippen molar-refractivity contribution in [1.29, 1.82) is 0 Å². The van der Waals surface area contributed by atoms with Crippen molar-refractivity contribution in [3.8, 4) is 5.75 Å². The van der Waals surface area contributed by atoms with Crippen LogP contribution in [0.25, 0.3) is 0 Å². The molecule has 40 heavy (non-hydrogen) atoms. The molecular formula is C31H31N3O5S. The number of aryl methyl sites for hydroxylation is 1. The van der Waals surface area contributed by atoms with Crippen LogP contribution in [0.5, 0.6) is 5.75 Å². The molecule has 0 aliphatic carbocycles. The number of rotatable bonds is 10. The van der Waals surface area contributed by atoms with E-state index in [4.69, 9.17) is 4.74 Å². The normalized spacial score (nSPS) is 11.8. The number of benzene rings is 4. The summed E-state index contributed by atoms with van der Waals surface area (Å²) >= 11 is 0. The van der Waals surface area contributed by atoms with Crippen LogP contribution in [0.4, 0.5) is 11.4 Å². The quantitative estimate of drug-likeness (QED) is 0.274. The van der Waals surface area contributed by atoms with E-state index in [1.807, 2.05) is 44.2 Å². The van der Waals surface area contributed by atoms with Crippen molar-refractivity contribution in [1.82, 2.24) is 5.32 Å². The number of anilines is 2. The molecule has 9 heteroatoms. The molecule has 206 valence electrons. The lowest BCUT2D eigenvalue weighted by Crippen LogP contribution is -2.38. The molecule has 0 aliphatic heterocycles. The lowest BCUT2D eigenvalue weighted by molar-refractivity contribution is -0.114. The van der Waals surface area contributed by atoms with Crippen LogP contribution in [-0.4, -0.2) is 33.9 Å². The van der Waals surface area contributed by atoms with E-state index in [2.05, 4.69) is 10.6 Å². The average Bonchev–Trinajstić information content (AvgIpc) is 2.97. The SMILES string of the molecule is COc1ccc(S(=O)(=O)N(CC(=O)Nc2ccccc2C(=O)N[C@@H](C)c2ccccc2)c2ccc(C)cc2)cc1. The average molecular weight is 558 g/mol. The third-order valence-electron chi connectivity index (χ3n) is 6.35. The van der Waals surface area contributed by atoms with Gasteiger partial charge in [-0.3, -0.25) is 13.9 Å². The molecule has 0 spiro atoms. The summed E-state index contributed by atoms with van der Waals surface area (Å²) in [5, 5.41) is 5.68. The number of ether oxygens (including phenoxy) is 1. The van der Waals surface area contributed by atoms with E-state index >= 15 is 0 Å². The zero-order valence-corrected chi connectivity index (χ0v) is 23.3. The third kappa shape index (κ3) is 6.68. The standard InChI is InChI=1S/C31H31N3O5S/c1-22-13-15-25(16-14-22)34(40(37,38)27-19-17-26(39-3)18-20-27)21-30(35)33-29-12-8-7-11-28(29)31(36)32-23(2)24-9-5-4-6-10-24/h4-20,23H,21H2,1-3H3,(H,32,36)(H,33,35)/t23-/m0/s1. The molecule has 0 bridgehead atoms. The van der Waals surface area contributed by atoms with Gasteiger partial charge >= 0.3 is 0 Å². The molecule has 4 aromatic carbocycles. The number of sulfonamides is 1. The van der Waals surface area contributed by atoms with Crippen LogP contribution >= 0.6 is 0 Å². The molecule has 0 saturated carbocycles. The van der Waals surface area contributed by atoms with Crippen LogP contribution in [0.1, 0.15) is 34.5 Å². The maximum atomic E-state index is 13.7. The molecule has 1 atom stereocenters. The number of amides is 2. The van der Waals surface area contributed by atoms with Crippen LogP contribution in [-0.2, 0) is 14.8 Å². The predicted octanol–water partition coefficient (Wildman–Crippen LogP) is 5.33. The first-order valence-corrected chi connectivity index (χ1v) is 14.1. The van der Waals surface area contributed by atoms with Crippen LogP contribution in [0.2, 0.25) is 0 Å². The van der Waals surface area contributed by atoms with Crippen molar-refractivity contribution in [3.05, 3.63) is 120 Å². The summed E-state index contributed by atoms with van der Waals surface area (Å²) in [7, 11) is -2.62. The number of methoxy groups -OCH3 is 1. The summed E-state index contributed by atoms with van der Waals surface area (Å²) < 4.78 is 33.5. The fourth-order valence-electron chi connectivity index (χ4n) is 4.11. The Morgan fingerprint density at radius 1 is 0.850 bits per heavy atom. The first-order chi connectivity index (χ1) is 19.2. The van der Waals surface area contributed by atoms with E-state index in [0.29, 0.717) is 11.4 Å². The minimum Gasteiger partial charge on any atom is -0.497 e. The van der Waals surface area contributed by atoms with Gasteiger partial charge < -0.3 is 15.4 Å². The molecular weight excluding hydrogens is 526 g/mol. The van der Waals surface area contributed by atoms with Gasteiger partial charge in [0.2, 0.25) is 5.91 Å². The van der Waals surface area contributed by atoms with Gasteiger partial charge in [-0.2, -0.15) is 0 Å². The highest BCUT2D eigenvalue weighted by atomic mass is 32.2. The van der Waals surface area contributed by atoms with Crippen molar-refractivity contribution >= 4 is 33.2 Å². The van der Waals surface area contributed by atoms with Gasteiger partial charge in [-0.15, -0.1) is 0 Å². The van der Waals surface area contributed by atoms with E-state index in [1.165, 1.54) is 19.2 Å². The van der Waals surface area contributed by atoms with Crippen LogP contribution in [0.3, 0.4) is 0 Å². The number of carbonyl (C=O) groups excluding carboxylic acids is 2. The van der Waals surface area contributed by atoms with Crippen molar-refractivity contribution in [2.24, 2.45) is 0 Å². The highest BCUT2D eigenvalue weighted by Crippen LogP contribution is 2.26. The van der Waals surface area contributed by atoms with Gasteiger partial charge in [0, 0.05) is 0 Å². The molecule has 0 fully saturated rings. The van der Waals surface area contributed by atoms with Crippen LogP contribution < -0.4 is 19.7 Å². The van der Waals surface area contributed by atoms with Crippen LogP contribution in [0.15, 0.2) is 108 Å². The molecule has 8 nitrogen and oxygen atoms in total. The minimum absolute atomic E-state index is 0.0105. The molecule has 0 heterocycles. The Balaban J connectivity index is 1.58. The lowest BCUT2D eigenvalue weighted by Gasteiger charge is -2.24. The van der Waals surface area contributed by atoms with E-state index in [1.54, 1.807) is 60.7 Å². The van der Waals surface area contributed by atoms with Gasteiger partial charge in [0.15, 0.2) is 0 Å². The fraction of sp³-hybridized carbons (Fsp3) is 0.161. The predicted molar refractivity (Wildman–Crippen MR) is 156 cm³/mol. The first kappa shape index (κ1) is 28.4. The number of para-hydroxylation sites is 1. The summed E-state index contributed by atoms with van der Waals surface area (Å²) in [5.41, 5.74) is 2.75. The van der Waals surface area contributed by atoms with E-state index in [0.717, 1.165) is 15.4 Å². The van der Waals surface area contributed by atoms with Crippen molar-refractivity contribution in [2.45, 2.75) is 24.8 Å². The van der Waals surface area contributed by atoms with Gasteiger partial charge in [-0.05, 0) is 67.9 Å². The smallest absolute Gasteiger partial charge is 0.264 e. The highest BCUT2D eigenvalue weighted by molar-refractivity contribution is 7.92. The van der Waals surface area contributed by atoms with Gasteiger partial charge in [0.1, 0.15) is 12.3 Å². The highest BCUT2D eigenvalue weighted by Gasteiger charge is 2.28. The number of nitrogens with zero attached hydrogens (tertiary/aromatic N) is 1. The summed E-state index contributed by atoms with van der Waals surface area (Å²) in [4.78, 5) is 26.4. The van der Waals surface area contributed by atoms with Gasteiger partial charge in [0.25, 0.3) is 15.9 Å². The molecule has 0 aliphatic rings.